The molecular formula is C25H15F3N2O6. The van der Waals surface area contributed by atoms with Gasteiger partial charge in [-0.15, -0.1) is 0 Å². The molecule has 1 aliphatic rings. The van der Waals surface area contributed by atoms with E-state index in [2.05, 4.69) is 5.32 Å². The first-order valence-electron chi connectivity index (χ1n) is 10.4. The van der Waals surface area contributed by atoms with E-state index in [0.29, 0.717) is 6.07 Å². The molecule has 36 heavy (non-hydrogen) atoms. The lowest BCUT2D eigenvalue weighted by atomic mass is 9.82. The predicted molar refractivity (Wildman–Crippen MR) is 118 cm³/mol. The third kappa shape index (κ3) is 4.58. The van der Waals surface area contributed by atoms with Gasteiger partial charge in [-0.2, -0.15) is 0 Å². The van der Waals surface area contributed by atoms with Crippen LogP contribution in [0.4, 0.5) is 18.9 Å². The predicted octanol–water partition coefficient (Wildman–Crippen LogP) is 2.79. The molecule has 8 nitrogen and oxygen atoms in total. The van der Waals surface area contributed by atoms with Gasteiger partial charge in [0.2, 0.25) is 5.91 Å². The summed E-state index contributed by atoms with van der Waals surface area (Å²) in [6, 6.07) is 11.7. The molecule has 0 aromatic heterocycles. The Labute approximate surface area is 201 Å². The Morgan fingerprint density at radius 1 is 0.750 bits per heavy atom. The lowest BCUT2D eigenvalue weighted by Gasteiger charge is -2.19. The van der Waals surface area contributed by atoms with E-state index in [4.69, 9.17) is 4.74 Å². The highest BCUT2D eigenvalue weighted by Crippen LogP contribution is 2.29. The number of ether oxygens (including phenoxy) is 1. The maximum atomic E-state index is 13.6. The average molecular weight is 496 g/mol. The standard InChI is InChI=1S/C25H15F3N2O6/c26-16-8-9-17(22(28)21(16)27)30-18(31)10-29-19(32)11-36-25(35)15-7-3-6-14-20(15)24(34)13-5-2-1-4-12(13)23(14)33/h1-9H,10-11H2,(H,29,32)(H,30,31). The van der Waals surface area contributed by atoms with Gasteiger partial charge in [0, 0.05) is 22.3 Å². The van der Waals surface area contributed by atoms with Crippen LogP contribution >= 0.6 is 0 Å². The van der Waals surface area contributed by atoms with Crippen LogP contribution in [0.3, 0.4) is 0 Å². The molecule has 4 rings (SSSR count). The second kappa shape index (κ2) is 9.82. The molecule has 2 N–H and O–H groups in total. The molecule has 1 aliphatic carbocycles. The van der Waals surface area contributed by atoms with Gasteiger partial charge in [0.15, 0.2) is 35.6 Å². The molecule has 182 valence electrons. The molecule has 2 amide bonds. The normalized spacial score (nSPS) is 11.9. The molecule has 0 aliphatic heterocycles. The van der Waals surface area contributed by atoms with Crippen LogP contribution in [-0.4, -0.2) is 42.5 Å². The van der Waals surface area contributed by atoms with Crippen molar-refractivity contribution in [1.29, 1.82) is 0 Å². The van der Waals surface area contributed by atoms with Crippen LogP contribution in [0.2, 0.25) is 0 Å². The Morgan fingerprint density at radius 3 is 2.14 bits per heavy atom. The van der Waals surface area contributed by atoms with Crippen molar-refractivity contribution >= 4 is 35.0 Å². The van der Waals surface area contributed by atoms with Crippen LogP contribution in [-0.2, 0) is 14.3 Å². The zero-order chi connectivity index (χ0) is 26.0. The Hall–Kier alpha value is -4.80. The summed E-state index contributed by atoms with van der Waals surface area (Å²) >= 11 is 0. The first kappa shape index (κ1) is 24.3. The monoisotopic (exact) mass is 496 g/mol. The number of fused-ring (bicyclic) bond motifs is 2. The topological polar surface area (TPSA) is 119 Å². The minimum Gasteiger partial charge on any atom is -0.452 e. The number of nitrogens with one attached hydrogen (secondary N) is 2. The molecule has 0 bridgehead atoms. The van der Waals surface area contributed by atoms with Crippen molar-refractivity contribution in [3.05, 3.63) is 99.9 Å². The van der Waals surface area contributed by atoms with Gasteiger partial charge in [-0.3, -0.25) is 19.2 Å². The fourth-order valence-corrected chi connectivity index (χ4v) is 3.57. The molecule has 0 unspecified atom stereocenters. The van der Waals surface area contributed by atoms with Crippen molar-refractivity contribution in [1.82, 2.24) is 5.32 Å². The van der Waals surface area contributed by atoms with Crippen molar-refractivity contribution in [2.24, 2.45) is 0 Å². The molecule has 0 heterocycles. The summed E-state index contributed by atoms with van der Waals surface area (Å²) in [4.78, 5) is 62.2. The Balaban J connectivity index is 1.37. The van der Waals surface area contributed by atoms with Crippen LogP contribution in [0.1, 0.15) is 42.2 Å². The molecular weight excluding hydrogens is 481 g/mol. The average Bonchev–Trinajstić information content (AvgIpc) is 2.89. The van der Waals surface area contributed by atoms with Crippen LogP contribution in [0, 0.1) is 17.5 Å². The maximum Gasteiger partial charge on any atom is 0.339 e. The number of benzene rings is 3. The molecule has 0 saturated carbocycles. The van der Waals surface area contributed by atoms with Gasteiger partial charge in [0.25, 0.3) is 5.91 Å². The first-order chi connectivity index (χ1) is 17.2. The summed E-state index contributed by atoms with van der Waals surface area (Å²) in [5, 5.41) is 4.07. The smallest absolute Gasteiger partial charge is 0.339 e. The second-order valence-electron chi connectivity index (χ2n) is 7.56. The first-order valence-corrected chi connectivity index (χ1v) is 10.4. The molecule has 0 radical (unpaired) electrons. The number of amides is 2. The molecule has 0 spiro atoms. The number of carbonyl (C=O) groups is 5. The molecule has 0 atom stereocenters. The second-order valence-corrected chi connectivity index (χ2v) is 7.56. The minimum absolute atomic E-state index is 0.0266. The fourth-order valence-electron chi connectivity index (χ4n) is 3.57. The fraction of sp³-hybridized carbons (Fsp3) is 0.0800. The summed E-state index contributed by atoms with van der Waals surface area (Å²) in [6.07, 6.45) is 0. The van der Waals surface area contributed by atoms with Crippen LogP contribution < -0.4 is 10.6 Å². The number of rotatable bonds is 6. The van der Waals surface area contributed by atoms with Gasteiger partial charge in [-0.1, -0.05) is 36.4 Å². The van der Waals surface area contributed by atoms with Crippen molar-refractivity contribution < 1.29 is 41.9 Å². The van der Waals surface area contributed by atoms with Crippen LogP contribution in [0.5, 0.6) is 0 Å². The summed E-state index contributed by atoms with van der Waals surface area (Å²) in [5.41, 5.74) is -0.606. The molecule has 0 fully saturated rings. The van der Waals surface area contributed by atoms with E-state index in [1.54, 1.807) is 12.1 Å². The van der Waals surface area contributed by atoms with E-state index >= 15 is 0 Å². The van der Waals surface area contributed by atoms with Crippen molar-refractivity contribution in [3.63, 3.8) is 0 Å². The lowest BCUT2D eigenvalue weighted by molar-refractivity contribution is -0.126. The summed E-state index contributed by atoms with van der Waals surface area (Å²) < 4.78 is 44.8. The number of hydrogen-bond acceptors (Lipinski definition) is 6. The Morgan fingerprint density at radius 2 is 1.42 bits per heavy atom. The number of halogens is 3. The van der Waals surface area contributed by atoms with Gasteiger partial charge in [0.1, 0.15) is 0 Å². The van der Waals surface area contributed by atoms with E-state index < -0.39 is 65.6 Å². The summed E-state index contributed by atoms with van der Waals surface area (Å²) in [5.74, 6) is -8.71. The zero-order valence-electron chi connectivity index (χ0n) is 18.2. The number of hydrogen-bond donors (Lipinski definition) is 2. The number of ketones is 2. The molecule has 3 aromatic carbocycles. The van der Waals surface area contributed by atoms with E-state index in [1.807, 2.05) is 5.32 Å². The number of carbonyl (C=O) groups excluding carboxylic acids is 5. The SMILES string of the molecule is O=C(COC(=O)c1cccc2c1C(=O)c1ccccc1C2=O)NCC(=O)Nc1ccc(F)c(F)c1F. The van der Waals surface area contributed by atoms with E-state index in [0.717, 1.165) is 6.07 Å². The Kier molecular flexibility index (Phi) is 6.64. The van der Waals surface area contributed by atoms with E-state index in [9.17, 15) is 37.1 Å². The molecule has 11 heteroatoms. The van der Waals surface area contributed by atoms with Gasteiger partial charge >= 0.3 is 5.97 Å². The van der Waals surface area contributed by atoms with Gasteiger partial charge < -0.3 is 15.4 Å². The summed E-state index contributed by atoms with van der Waals surface area (Å²) in [6.45, 7) is -1.53. The highest BCUT2D eigenvalue weighted by atomic mass is 19.2. The molecule has 0 saturated heterocycles. The maximum absolute atomic E-state index is 13.6. The third-order valence-corrected chi connectivity index (χ3v) is 5.26. The van der Waals surface area contributed by atoms with Gasteiger partial charge in [-0.05, 0) is 18.2 Å². The van der Waals surface area contributed by atoms with Crippen molar-refractivity contribution in [3.8, 4) is 0 Å². The van der Waals surface area contributed by atoms with Gasteiger partial charge in [-0.25, -0.2) is 18.0 Å². The third-order valence-electron chi connectivity index (χ3n) is 5.26. The molecule has 3 aromatic rings. The van der Waals surface area contributed by atoms with E-state index in [-0.39, 0.29) is 27.8 Å². The van der Waals surface area contributed by atoms with Crippen molar-refractivity contribution in [2.75, 3.05) is 18.5 Å². The number of anilines is 1. The number of esters is 1. The highest BCUT2D eigenvalue weighted by Gasteiger charge is 2.33. The zero-order valence-corrected chi connectivity index (χ0v) is 18.2. The minimum atomic E-state index is -1.77. The Bertz CT molecular complexity index is 1450. The lowest BCUT2D eigenvalue weighted by Crippen LogP contribution is -2.36. The van der Waals surface area contributed by atoms with Crippen molar-refractivity contribution in [2.45, 2.75) is 0 Å². The van der Waals surface area contributed by atoms with E-state index in [1.165, 1.54) is 30.3 Å². The van der Waals surface area contributed by atoms with Crippen LogP contribution in [0.15, 0.2) is 54.6 Å². The van der Waals surface area contributed by atoms with Crippen LogP contribution in [0.25, 0.3) is 0 Å². The quantitative estimate of drug-likeness (QED) is 0.313. The summed E-state index contributed by atoms with van der Waals surface area (Å²) in [7, 11) is 0. The van der Waals surface area contributed by atoms with Gasteiger partial charge in [0.05, 0.1) is 17.8 Å². The largest absolute Gasteiger partial charge is 0.452 e. The highest BCUT2D eigenvalue weighted by molar-refractivity contribution is 6.30.